The van der Waals surface area contributed by atoms with E-state index in [4.69, 9.17) is 4.74 Å². The predicted molar refractivity (Wildman–Crippen MR) is 86.4 cm³/mol. The van der Waals surface area contributed by atoms with E-state index in [1.54, 1.807) is 0 Å². The Balaban J connectivity index is 1.91. The van der Waals surface area contributed by atoms with E-state index in [1.807, 2.05) is 12.1 Å². The van der Waals surface area contributed by atoms with Crippen molar-refractivity contribution in [2.24, 2.45) is 0 Å². The minimum Gasteiger partial charge on any atom is -0.388 e. The van der Waals surface area contributed by atoms with E-state index in [0.717, 1.165) is 31.6 Å². The number of hydrogen-bond acceptors (Lipinski definition) is 3. The Labute approximate surface area is 128 Å². The minimum absolute atomic E-state index is 0.128. The van der Waals surface area contributed by atoms with Crippen molar-refractivity contribution >= 4 is 0 Å². The lowest BCUT2D eigenvalue weighted by molar-refractivity contribution is -0.181. The first-order valence-electron chi connectivity index (χ1n) is 7.84. The van der Waals surface area contributed by atoms with Gasteiger partial charge in [0.05, 0.1) is 17.3 Å². The van der Waals surface area contributed by atoms with Crippen molar-refractivity contribution in [3.8, 4) is 0 Å². The molecule has 3 nitrogen and oxygen atoms in total. The summed E-state index contributed by atoms with van der Waals surface area (Å²) in [5.74, 6) is 0. The second-order valence-corrected chi connectivity index (χ2v) is 7.55. The zero-order valence-electron chi connectivity index (χ0n) is 14.0. The number of morpholine rings is 1. The van der Waals surface area contributed by atoms with E-state index in [-0.39, 0.29) is 17.3 Å². The van der Waals surface area contributed by atoms with Gasteiger partial charge in [-0.1, -0.05) is 29.8 Å². The standard InChI is InChI=1S/C18H29NO2/c1-14-6-8-15(9-7-14)16(20)10-11-19-12-17(2,3)21-18(4,5)13-19/h6-9,16,20H,10-13H2,1-5H3. The van der Waals surface area contributed by atoms with Gasteiger partial charge >= 0.3 is 0 Å². The van der Waals surface area contributed by atoms with Gasteiger partial charge in [0, 0.05) is 19.6 Å². The van der Waals surface area contributed by atoms with Crippen LogP contribution in [0.25, 0.3) is 0 Å². The summed E-state index contributed by atoms with van der Waals surface area (Å²) in [7, 11) is 0. The van der Waals surface area contributed by atoms with Gasteiger partial charge < -0.3 is 9.84 Å². The Hall–Kier alpha value is -0.900. The third-order valence-corrected chi connectivity index (χ3v) is 3.94. The molecule has 1 fully saturated rings. The first kappa shape index (κ1) is 16.5. The van der Waals surface area contributed by atoms with Crippen LogP contribution in [0.1, 0.15) is 51.3 Å². The highest BCUT2D eigenvalue weighted by molar-refractivity contribution is 5.23. The molecule has 1 aliphatic heterocycles. The zero-order chi connectivity index (χ0) is 15.7. The normalized spacial score (nSPS) is 23.0. The molecular weight excluding hydrogens is 262 g/mol. The number of aliphatic hydroxyl groups excluding tert-OH is 1. The number of nitrogens with zero attached hydrogens (tertiary/aromatic N) is 1. The average Bonchev–Trinajstić information content (AvgIpc) is 2.33. The third kappa shape index (κ3) is 4.80. The van der Waals surface area contributed by atoms with Crippen molar-refractivity contribution in [3.63, 3.8) is 0 Å². The number of aryl methyl sites for hydroxylation is 1. The molecule has 0 aromatic heterocycles. The fourth-order valence-corrected chi connectivity index (χ4v) is 3.36. The first-order chi connectivity index (χ1) is 9.67. The molecule has 1 saturated heterocycles. The number of rotatable bonds is 4. The van der Waals surface area contributed by atoms with Gasteiger partial charge in [-0.2, -0.15) is 0 Å². The van der Waals surface area contributed by atoms with Crippen LogP contribution in [0.5, 0.6) is 0 Å². The smallest absolute Gasteiger partial charge is 0.0802 e. The molecule has 1 heterocycles. The maximum Gasteiger partial charge on any atom is 0.0802 e. The summed E-state index contributed by atoms with van der Waals surface area (Å²) in [6, 6.07) is 8.15. The van der Waals surface area contributed by atoms with Crippen molar-refractivity contribution < 1.29 is 9.84 Å². The molecule has 21 heavy (non-hydrogen) atoms. The lowest BCUT2D eigenvalue weighted by Crippen LogP contribution is -2.57. The van der Waals surface area contributed by atoms with Crippen LogP contribution in [-0.4, -0.2) is 40.8 Å². The van der Waals surface area contributed by atoms with Crippen molar-refractivity contribution in [2.45, 2.75) is 58.3 Å². The van der Waals surface area contributed by atoms with Gasteiger partial charge in [0.1, 0.15) is 0 Å². The van der Waals surface area contributed by atoms with E-state index >= 15 is 0 Å². The van der Waals surface area contributed by atoms with Crippen LogP contribution in [0.3, 0.4) is 0 Å². The van der Waals surface area contributed by atoms with Crippen LogP contribution in [0.15, 0.2) is 24.3 Å². The molecule has 0 spiro atoms. The van der Waals surface area contributed by atoms with Crippen LogP contribution >= 0.6 is 0 Å². The Morgan fingerprint density at radius 2 is 1.62 bits per heavy atom. The van der Waals surface area contributed by atoms with Gasteiger partial charge in [0.25, 0.3) is 0 Å². The fraction of sp³-hybridized carbons (Fsp3) is 0.667. The van der Waals surface area contributed by atoms with Gasteiger partial charge in [0.2, 0.25) is 0 Å². The molecule has 1 aromatic carbocycles. The molecule has 0 radical (unpaired) electrons. The van der Waals surface area contributed by atoms with Crippen molar-refractivity contribution in [2.75, 3.05) is 19.6 Å². The van der Waals surface area contributed by atoms with Gasteiger partial charge in [0.15, 0.2) is 0 Å². The number of benzene rings is 1. The first-order valence-corrected chi connectivity index (χ1v) is 7.84. The molecule has 2 rings (SSSR count). The summed E-state index contributed by atoms with van der Waals surface area (Å²) in [5, 5.41) is 10.3. The molecule has 3 heteroatoms. The Bertz CT molecular complexity index is 449. The molecule has 0 aliphatic carbocycles. The summed E-state index contributed by atoms with van der Waals surface area (Å²) < 4.78 is 6.09. The third-order valence-electron chi connectivity index (χ3n) is 3.94. The average molecular weight is 291 g/mol. The van der Waals surface area contributed by atoms with Crippen LogP contribution in [0, 0.1) is 6.92 Å². The molecule has 1 atom stereocenters. The van der Waals surface area contributed by atoms with Gasteiger partial charge in [-0.15, -0.1) is 0 Å². The van der Waals surface area contributed by atoms with Crippen LogP contribution < -0.4 is 0 Å². The highest BCUT2D eigenvalue weighted by atomic mass is 16.5. The van der Waals surface area contributed by atoms with E-state index in [2.05, 4.69) is 51.7 Å². The molecule has 1 N–H and O–H groups in total. The van der Waals surface area contributed by atoms with Crippen LogP contribution in [0.2, 0.25) is 0 Å². The molecule has 1 aliphatic rings. The minimum atomic E-state index is -0.389. The Morgan fingerprint density at radius 1 is 1.10 bits per heavy atom. The largest absolute Gasteiger partial charge is 0.388 e. The molecule has 1 unspecified atom stereocenters. The lowest BCUT2D eigenvalue weighted by Gasteiger charge is -2.47. The molecule has 0 bridgehead atoms. The highest BCUT2D eigenvalue weighted by Gasteiger charge is 2.37. The van der Waals surface area contributed by atoms with Crippen molar-refractivity contribution in [1.82, 2.24) is 4.90 Å². The van der Waals surface area contributed by atoms with E-state index < -0.39 is 0 Å². The summed E-state index contributed by atoms with van der Waals surface area (Å²) in [4.78, 5) is 2.40. The molecule has 118 valence electrons. The summed E-state index contributed by atoms with van der Waals surface area (Å²) in [6.45, 7) is 13.3. The van der Waals surface area contributed by atoms with Crippen molar-refractivity contribution in [3.05, 3.63) is 35.4 Å². The van der Waals surface area contributed by atoms with Gasteiger partial charge in [-0.05, 0) is 46.6 Å². The van der Waals surface area contributed by atoms with Gasteiger partial charge in [-0.3, -0.25) is 4.90 Å². The summed E-state index contributed by atoms with van der Waals surface area (Å²) in [6.07, 6.45) is 0.370. The Kier molecular flexibility index (Phi) is 4.76. The quantitative estimate of drug-likeness (QED) is 0.924. The fourth-order valence-electron chi connectivity index (χ4n) is 3.36. The molecule has 0 saturated carbocycles. The second-order valence-electron chi connectivity index (χ2n) is 7.55. The van der Waals surface area contributed by atoms with Gasteiger partial charge in [-0.25, -0.2) is 0 Å². The Morgan fingerprint density at radius 3 is 2.14 bits per heavy atom. The maximum absolute atomic E-state index is 10.3. The predicted octanol–water partition coefficient (Wildman–Crippen LogP) is 3.31. The second kappa shape index (κ2) is 6.07. The summed E-state index contributed by atoms with van der Waals surface area (Å²) in [5.41, 5.74) is 1.97. The lowest BCUT2D eigenvalue weighted by atomic mass is 9.98. The SMILES string of the molecule is Cc1ccc(C(O)CCN2CC(C)(C)OC(C)(C)C2)cc1. The number of ether oxygens (including phenoxy) is 1. The summed E-state index contributed by atoms with van der Waals surface area (Å²) >= 11 is 0. The number of aliphatic hydroxyl groups is 1. The maximum atomic E-state index is 10.3. The van der Waals surface area contributed by atoms with E-state index in [9.17, 15) is 5.11 Å². The van der Waals surface area contributed by atoms with Crippen molar-refractivity contribution in [1.29, 1.82) is 0 Å². The van der Waals surface area contributed by atoms with E-state index in [0.29, 0.717) is 0 Å². The van der Waals surface area contributed by atoms with E-state index in [1.165, 1.54) is 5.56 Å². The highest BCUT2D eigenvalue weighted by Crippen LogP contribution is 2.29. The molecule has 0 amide bonds. The zero-order valence-corrected chi connectivity index (χ0v) is 14.0. The van der Waals surface area contributed by atoms with Crippen LogP contribution in [0.4, 0.5) is 0 Å². The monoisotopic (exact) mass is 291 g/mol. The number of hydrogen-bond donors (Lipinski definition) is 1. The molecule has 1 aromatic rings. The topological polar surface area (TPSA) is 32.7 Å². The van der Waals surface area contributed by atoms with Crippen LogP contribution in [-0.2, 0) is 4.74 Å². The molecular formula is C18H29NO2.